The van der Waals surface area contributed by atoms with E-state index in [9.17, 15) is 4.79 Å². The van der Waals surface area contributed by atoms with Crippen LogP contribution in [0.25, 0.3) is 0 Å². The van der Waals surface area contributed by atoms with Crippen molar-refractivity contribution in [2.24, 2.45) is 0 Å². The summed E-state index contributed by atoms with van der Waals surface area (Å²) in [5.41, 5.74) is 0.431. The number of nitrogens with zero attached hydrogens (tertiary/aromatic N) is 2. The van der Waals surface area contributed by atoms with E-state index in [1.54, 1.807) is 6.07 Å². The molecule has 6 heteroatoms. The summed E-state index contributed by atoms with van der Waals surface area (Å²) < 4.78 is 5.62. The fourth-order valence-electron chi connectivity index (χ4n) is 2.20. The van der Waals surface area contributed by atoms with Crippen molar-refractivity contribution < 1.29 is 9.53 Å². The Labute approximate surface area is 125 Å². The van der Waals surface area contributed by atoms with Gasteiger partial charge in [-0.1, -0.05) is 13.0 Å². The molecule has 1 amide bonds. The zero-order valence-electron chi connectivity index (χ0n) is 12.8. The Morgan fingerprint density at radius 1 is 1.52 bits per heavy atom. The first-order valence-corrected chi connectivity index (χ1v) is 7.48. The number of morpholine rings is 1. The second kappa shape index (κ2) is 7.95. The van der Waals surface area contributed by atoms with Crippen molar-refractivity contribution in [2.75, 3.05) is 45.2 Å². The Morgan fingerprint density at radius 3 is 3.14 bits per heavy atom. The molecule has 2 N–H and O–H groups in total. The standard InChI is InChI=1S/C15H24N4O2/c1-3-7-16-14-6-4-5-13(18-14)15(20)17-10-12-11-19(2)8-9-21-12/h4-6,12H,3,7-11H2,1-2H3,(H,16,18)(H,17,20). The Balaban J connectivity index is 1.85. The van der Waals surface area contributed by atoms with E-state index in [0.29, 0.717) is 18.8 Å². The van der Waals surface area contributed by atoms with Gasteiger partial charge in [-0.2, -0.15) is 0 Å². The predicted octanol–water partition coefficient (Wildman–Crippen LogP) is 0.964. The van der Waals surface area contributed by atoms with Crippen LogP contribution in [0.2, 0.25) is 0 Å². The Morgan fingerprint density at radius 2 is 2.38 bits per heavy atom. The van der Waals surface area contributed by atoms with Gasteiger partial charge < -0.3 is 20.3 Å². The lowest BCUT2D eigenvalue weighted by atomic mass is 10.2. The van der Waals surface area contributed by atoms with Crippen molar-refractivity contribution in [1.82, 2.24) is 15.2 Å². The van der Waals surface area contributed by atoms with Crippen LogP contribution in [-0.2, 0) is 4.74 Å². The van der Waals surface area contributed by atoms with E-state index < -0.39 is 0 Å². The SMILES string of the molecule is CCCNc1cccc(C(=O)NCC2CN(C)CCO2)n1. The number of pyridine rings is 1. The van der Waals surface area contributed by atoms with Crippen molar-refractivity contribution in [2.45, 2.75) is 19.4 Å². The van der Waals surface area contributed by atoms with E-state index in [1.165, 1.54) is 0 Å². The maximum absolute atomic E-state index is 12.1. The summed E-state index contributed by atoms with van der Waals surface area (Å²) in [6.07, 6.45) is 1.07. The van der Waals surface area contributed by atoms with Crippen molar-refractivity contribution >= 4 is 11.7 Å². The molecule has 1 aliphatic heterocycles. The highest BCUT2D eigenvalue weighted by Gasteiger charge is 2.18. The first-order valence-electron chi connectivity index (χ1n) is 7.48. The number of hydrogen-bond donors (Lipinski definition) is 2. The Hall–Kier alpha value is -1.66. The quantitative estimate of drug-likeness (QED) is 0.817. The minimum atomic E-state index is -0.160. The average molecular weight is 292 g/mol. The van der Waals surface area contributed by atoms with Crippen LogP contribution >= 0.6 is 0 Å². The minimum Gasteiger partial charge on any atom is -0.374 e. The smallest absolute Gasteiger partial charge is 0.270 e. The molecule has 1 aromatic heterocycles. The molecular weight excluding hydrogens is 268 g/mol. The lowest BCUT2D eigenvalue weighted by Gasteiger charge is -2.30. The summed E-state index contributed by atoms with van der Waals surface area (Å²) in [5.74, 6) is 0.574. The number of rotatable bonds is 6. The molecule has 1 unspecified atom stereocenters. The van der Waals surface area contributed by atoms with Gasteiger partial charge in [0.1, 0.15) is 11.5 Å². The van der Waals surface area contributed by atoms with Crippen LogP contribution in [0, 0.1) is 0 Å². The summed E-state index contributed by atoms with van der Waals surface area (Å²) in [4.78, 5) is 18.6. The van der Waals surface area contributed by atoms with Gasteiger partial charge in [0.2, 0.25) is 0 Å². The molecule has 6 nitrogen and oxygen atoms in total. The molecule has 1 saturated heterocycles. The van der Waals surface area contributed by atoms with Gasteiger partial charge in [-0.05, 0) is 25.6 Å². The Bertz CT molecular complexity index is 467. The second-order valence-corrected chi connectivity index (χ2v) is 5.30. The molecule has 0 radical (unpaired) electrons. The molecule has 0 spiro atoms. The monoisotopic (exact) mass is 292 g/mol. The summed E-state index contributed by atoms with van der Waals surface area (Å²) in [7, 11) is 2.06. The summed E-state index contributed by atoms with van der Waals surface area (Å²) in [5, 5.41) is 6.07. The van der Waals surface area contributed by atoms with E-state index in [0.717, 1.165) is 31.9 Å². The van der Waals surface area contributed by atoms with Crippen molar-refractivity contribution in [3.63, 3.8) is 0 Å². The molecular formula is C15H24N4O2. The van der Waals surface area contributed by atoms with Gasteiger partial charge in [0.25, 0.3) is 5.91 Å². The van der Waals surface area contributed by atoms with Crippen molar-refractivity contribution in [3.05, 3.63) is 23.9 Å². The van der Waals surface area contributed by atoms with Gasteiger partial charge in [0, 0.05) is 26.2 Å². The van der Waals surface area contributed by atoms with Crippen LogP contribution in [0.3, 0.4) is 0 Å². The van der Waals surface area contributed by atoms with Crippen molar-refractivity contribution in [3.8, 4) is 0 Å². The third kappa shape index (κ3) is 4.99. The number of aromatic nitrogens is 1. The normalized spacial score (nSPS) is 19.2. The molecule has 1 atom stereocenters. The maximum Gasteiger partial charge on any atom is 0.270 e. The van der Waals surface area contributed by atoms with Gasteiger partial charge in [-0.15, -0.1) is 0 Å². The van der Waals surface area contributed by atoms with Crippen LogP contribution in [0.1, 0.15) is 23.8 Å². The van der Waals surface area contributed by atoms with Gasteiger partial charge in [0.05, 0.1) is 12.7 Å². The fraction of sp³-hybridized carbons (Fsp3) is 0.600. The van der Waals surface area contributed by atoms with Crippen LogP contribution in [-0.4, -0.2) is 61.7 Å². The molecule has 0 aliphatic carbocycles. The molecule has 21 heavy (non-hydrogen) atoms. The fourth-order valence-corrected chi connectivity index (χ4v) is 2.20. The van der Waals surface area contributed by atoms with Crippen LogP contribution in [0.15, 0.2) is 18.2 Å². The first-order chi connectivity index (χ1) is 10.2. The van der Waals surface area contributed by atoms with Crippen LogP contribution in [0.4, 0.5) is 5.82 Å². The third-order valence-electron chi connectivity index (χ3n) is 3.37. The highest BCUT2D eigenvalue weighted by Crippen LogP contribution is 2.06. The van der Waals surface area contributed by atoms with E-state index in [2.05, 4.69) is 34.5 Å². The zero-order chi connectivity index (χ0) is 15.1. The molecule has 0 saturated carbocycles. The van der Waals surface area contributed by atoms with E-state index in [-0.39, 0.29) is 12.0 Å². The number of ether oxygens (including phenoxy) is 1. The van der Waals surface area contributed by atoms with Gasteiger partial charge in [0.15, 0.2) is 0 Å². The third-order valence-corrected chi connectivity index (χ3v) is 3.37. The second-order valence-electron chi connectivity index (χ2n) is 5.30. The molecule has 0 bridgehead atoms. The number of hydrogen-bond acceptors (Lipinski definition) is 5. The topological polar surface area (TPSA) is 66.5 Å². The van der Waals surface area contributed by atoms with Crippen molar-refractivity contribution in [1.29, 1.82) is 0 Å². The summed E-state index contributed by atoms with van der Waals surface area (Å²) >= 11 is 0. The highest BCUT2D eigenvalue weighted by molar-refractivity contribution is 5.92. The predicted molar refractivity (Wildman–Crippen MR) is 82.6 cm³/mol. The van der Waals surface area contributed by atoms with Crippen LogP contribution < -0.4 is 10.6 Å². The maximum atomic E-state index is 12.1. The number of nitrogens with one attached hydrogen (secondary N) is 2. The molecule has 116 valence electrons. The summed E-state index contributed by atoms with van der Waals surface area (Å²) in [6, 6.07) is 5.43. The number of amides is 1. The largest absolute Gasteiger partial charge is 0.374 e. The molecule has 1 aromatic rings. The highest BCUT2D eigenvalue weighted by atomic mass is 16.5. The van der Waals surface area contributed by atoms with Gasteiger partial charge >= 0.3 is 0 Å². The number of carbonyl (C=O) groups is 1. The number of anilines is 1. The minimum absolute atomic E-state index is 0.0501. The molecule has 1 aliphatic rings. The lowest BCUT2D eigenvalue weighted by Crippen LogP contribution is -2.46. The van der Waals surface area contributed by atoms with E-state index in [4.69, 9.17) is 4.74 Å². The first kappa shape index (κ1) is 15.7. The lowest BCUT2D eigenvalue weighted by molar-refractivity contribution is -0.0175. The molecule has 2 heterocycles. The average Bonchev–Trinajstić information content (AvgIpc) is 2.51. The number of carbonyl (C=O) groups excluding carboxylic acids is 1. The van der Waals surface area contributed by atoms with Gasteiger partial charge in [-0.25, -0.2) is 4.98 Å². The molecule has 2 rings (SSSR count). The molecule has 1 fully saturated rings. The molecule has 0 aromatic carbocycles. The zero-order valence-corrected chi connectivity index (χ0v) is 12.8. The summed E-state index contributed by atoms with van der Waals surface area (Å²) in [6.45, 7) is 5.94. The Kier molecular flexibility index (Phi) is 5.95. The van der Waals surface area contributed by atoms with E-state index in [1.807, 2.05) is 12.1 Å². The van der Waals surface area contributed by atoms with E-state index >= 15 is 0 Å². The van der Waals surface area contributed by atoms with Gasteiger partial charge in [-0.3, -0.25) is 4.79 Å². The van der Waals surface area contributed by atoms with Crippen LogP contribution in [0.5, 0.6) is 0 Å². The number of likely N-dealkylation sites (N-methyl/N-ethyl adjacent to an activating group) is 1.